The van der Waals surface area contributed by atoms with Gasteiger partial charge >= 0.3 is 0 Å². The number of fused-ring (bicyclic) bond motifs is 3. The highest BCUT2D eigenvalue weighted by Crippen LogP contribution is 2.50. The first kappa shape index (κ1) is 21.4. The van der Waals surface area contributed by atoms with Crippen molar-refractivity contribution in [2.75, 3.05) is 12.4 Å². The molecular formula is C26H25BrN2O2S. The van der Waals surface area contributed by atoms with E-state index in [-0.39, 0.29) is 12.0 Å². The van der Waals surface area contributed by atoms with E-state index < -0.39 is 10.0 Å². The van der Waals surface area contributed by atoms with Gasteiger partial charge in [0.25, 0.3) is 0 Å². The van der Waals surface area contributed by atoms with Crippen LogP contribution in [0.15, 0.2) is 94.3 Å². The maximum Gasteiger partial charge on any atom is 0.243 e. The zero-order chi connectivity index (χ0) is 22.3. The second-order valence-electron chi connectivity index (χ2n) is 8.52. The average Bonchev–Trinajstić information content (AvgIpc) is 3.30. The van der Waals surface area contributed by atoms with Gasteiger partial charge < -0.3 is 5.32 Å². The summed E-state index contributed by atoms with van der Waals surface area (Å²) in [6, 6.07) is 23.8. The summed E-state index contributed by atoms with van der Waals surface area (Å²) in [6.45, 7) is 0.343. The maximum atomic E-state index is 13.3. The predicted octanol–water partition coefficient (Wildman–Crippen LogP) is 6.10. The van der Waals surface area contributed by atoms with Gasteiger partial charge in [0.1, 0.15) is 0 Å². The summed E-state index contributed by atoms with van der Waals surface area (Å²) in [5.41, 5.74) is 4.29. The molecule has 0 bridgehead atoms. The molecule has 0 spiro atoms. The second kappa shape index (κ2) is 8.50. The van der Waals surface area contributed by atoms with Gasteiger partial charge in [0, 0.05) is 29.7 Å². The average molecular weight is 509 g/mol. The molecule has 32 heavy (non-hydrogen) atoms. The highest BCUT2D eigenvalue weighted by molar-refractivity contribution is 9.10. The fourth-order valence-corrected chi connectivity index (χ4v) is 6.30. The molecule has 6 heteroatoms. The SMILES string of the molecule is CN(Cc1ccccc1)S(=O)(=O)c1ccc2c(c1)C1C=CCC1C(c1ccc(Br)cc1)N2. The summed E-state index contributed by atoms with van der Waals surface area (Å²) >= 11 is 3.52. The van der Waals surface area contributed by atoms with Gasteiger partial charge in [-0.3, -0.25) is 0 Å². The maximum absolute atomic E-state index is 13.3. The second-order valence-corrected chi connectivity index (χ2v) is 11.5. The number of anilines is 1. The Morgan fingerprint density at radius 3 is 2.53 bits per heavy atom. The quantitative estimate of drug-likeness (QED) is 0.423. The smallest absolute Gasteiger partial charge is 0.243 e. The van der Waals surface area contributed by atoms with Crippen LogP contribution in [0, 0.1) is 5.92 Å². The fraction of sp³-hybridized carbons (Fsp3) is 0.231. The van der Waals surface area contributed by atoms with Crippen molar-refractivity contribution in [1.82, 2.24) is 4.31 Å². The lowest BCUT2D eigenvalue weighted by Crippen LogP contribution is -2.30. The molecule has 2 aliphatic rings. The Labute approximate surface area is 198 Å². The van der Waals surface area contributed by atoms with Crippen LogP contribution in [0.2, 0.25) is 0 Å². The molecule has 0 aromatic heterocycles. The molecule has 0 radical (unpaired) electrons. The predicted molar refractivity (Wildman–Crippen MR) is 132 cm³/mol. The van der Waals surface area contributed by atoms with Crippen molar-refractivity contribution in [2.45, 2.75) is 29.8 Å². The Bertz CT molecular complexity index is 1260. The molecule has 3 aromatic rings. The van der Waals surface area contributed by atoms with Crippen LogP contribution in [0.25, 0.3) is 0 Å². The van der Waals surface area contributed by atoms with Crippen molar-refractivity contribution in [1.29, 1.82) is 0 Å². The molecule has 0 fully saturated rings. The van der Waals surface area contributed by atoms with E-state index in [1.165, 1.54) is 9.87 Å². The molecule has 164 valence electrons. The van der Waals surface area contributed by atoms with E-state index in [1.807, 2.05) is 42.5 Å². The minimum Gasteiger partial charge on any atom is -0.378 e. The van der Waals surface area contributed by atoms with Crippen LogP contribution in [0.5, 0.6) is 0 Å². The van der Waals surface area contributed by atoms with E-state index >= 15 is 0 Å². The van der Waals surface area contributed by atoms with Crippen molar-refractivity contribution in [3.05, 3.63) is 106 Å². The number of rotatable bonds is 5. The van der Waals surface area contributed by atoms with Gasteiger partial charge in [-0.15, -0.1) is 0 Å². The van der Waals surface area contributed by atoms with Crippen LogP contribution in [0.4, 0.5) is 5.69 Å². The molecule has 5 rings (SSSR count). The third kappa shape index (κ3) is 3.91. The summed E-state index contributed by atoms with van der Waals surface area (Å²) in [7, 11) is -1.95. The minimum absolute atomic E-state index is 0.193. The van der Waals surface area contributed by atoms with Gasteiger partial charge in [-0.1, -0.05) is 70.5 Å². The van der Waals surface area contributed by atoms with Crippen LogP contribution in [-0.2, 0) is 16.6 Å². The lowest BCUT2D eigenvalue weighted by Gasteiger charge is -2.38. The van der Waals surface area contributed by atoms with Crippen LogP contribution in [0.3, 0.4) is 0 Å². The first-order valence-electron chi connectivity index (χ1n) is 10.8. The Morgan fingerprint density at radius 1 is 1.03 bits per heavy atom. The third-order valence-corrected chi connectivity index (χ3v) is 8.85. The van der Waals surface area contributed by atoms with E-state index in [0.717, 1.165) is 27.7 Å². The molecule has 4 nitrogen and oxygen atoms in total. The van der Waals surface area contributed by atoms with Crippen molar-refractivity contribution in [2.24, 2.45) is 5.92 Å². The van der Waals surface area contributed by atoms with Crippen molar-refractivity contribution < 1.29 is 8.42 Å². The summed E-state index contributed by atoms with van der Waals surface area (Å²) < 4.78 is 29.1. The molecule has 3 aromatic carbocycles. The van der Waals surface area contributed by atoms with E-state index in [0.29, 0.717) is 17.4 Å². The largest absolute Gasteiger partial charge is 0.378 e. The number of halogens is 1. The van der Waals surface area contributed by atoms with Gasteiger partial charge in [-0.2, -0.15) is 4.31 Å². The van der Waals surface area contributed by atoms with Crippen LogP contribution < -0.4 is 5.32 Å². The van der Waals surface area contributed by atoms with E-state index in [1.54, 1.807) is 13.1 Å². The van der Waals surface area contributed by atoms with Crippen LogP contribution in [-0.4, -0.2) is 19.8 Å². The standard InChI is InChI=1S/C26H25BrN2O2S/c1-29(17-18-6-3-2-4-7-18)32(30,31)21-14-15-25-24(16-21)22-8-5-9-23(22)26(28-25)19-10-12-20(27)13-11-19/h2-8,10-16,22-23,26,28H,9,17H2,1H3. The molecule has 1 heterocycles. The minimum atomic E-state index is -3.59. The first-order chi connectivity index (χ1) is 15.4. The van der Waals surface area contributed by atoms with Crippen LogP contribution in [0.1, 0.15) is 35.1 Å². The number of nitrogens with zero attached hydrogens (tertiary/aromatic N) is 1. The van der Waals surface area contributed by atoms with Crippen molar-refractivity contribution in [3.63, 3.8) is 0 Å². The molecule has 3 atom stereocenters. The number of benzene rings is 3. The van der Waals surface area contributed by atoms with Gasteiger partial charge in [-0.25, -0.2) is 8.42 Å². The lowest BCUT2D eigenvalue weighted by molar-refractivity contribution is 0.424. The number of hydrogen-bond donors (Lipinski definition) is 1. The first-order valence-corrected chi connectivity index (χ1v) is 13.0. The van der Waals surface area contributed by atoms with Crippen molar-refractivity contribution in [3.8, 4) is 0 Å². The van der Waals surface area contributed by atoms with E-state index in [4.69, 9.17) is 0 Å². The van der Waals surface area contributed by atoms with Gasteiger partial charge in [0.05, 0.1) is 10.9 Å². The third-order valence-electron chi connectivity index (χ3n) is 6.52. The van der Waals surface area contributed by atoms with E-state index in [9.17, 15) is 8.42 Å². The number of sulfonamides is 1. The highest BCUT2D eigenvalue weighted by atomic mass is 79.9. The monoisotopic (exact) mass is 508 g/mol. The summed E-state index contributed by atoms with van der Waals surface area (Å²) in [4.78, 5) is 0.345. The fourth-order valence-electron chi connectivity index (χ4n) is 4.84. The Morgan fingerprint density at radius 2 is 1.78 bits per heavy atom. The molecule has 1 aliphatic heterocycles. The molecule has 1 N–H and O–H groups in total. The molecule has 3 unspecified atom stereocenters. The Kier molecular flexibility index (Phi) is 5.70. The normalized spacial score (nSPS) is 21.8. The van der Waals surface area contributed by atoms with E-state index in [2.05, 4.69) is 57.7 Å². The molecule has 0 amide bonds. The van der Waals surface area contributed by atoms with Gasteiger partial charge in [-0.05, 0) is 59.4 Å². The summed E-state index contributed by atoms with van der Waals surface area (Å²) in [6.07, 6.45) is 5.43. The zero-order valence-electron chi connectivity index (χ0n) is 17.8. The topological polar surface area (TPSA) is 49.4 Å². The number of hydrogen-bond acceptors (Lipinski definition) is 3. The van der Waals surface area contributed by atoms with Crippen molar-refractivity contribution >= 4 is 31.6 Å². The molecule has 1 aliphatic carbocycles. The number of allylic oxidation sites excluding steroid dienone is 2. The number of nitrogens with one attached hydrogen (secondary N) is 1. The molecule has 0 saturated carbocycles. The summed E-state index contributed by atoms with van der Waals surface area (Å²) in [5.74, 6) is 0.568. The lowest BCUT2D eigenvalue weighted by atomic mass is 9.77. The van der Waals surface area contributed by atoms with Gasteiger partial charge in [0.2, 0.25) is 10.0 Å². The Balaban J connectivity index is 1.46. The molecule has 0 saturated heterocycles. The zero-order valence-corrected chi connectivity index (χ0v) is 20.2. The Hall–Kier alpha value is -2.41. The van der Waals surface area contributed by atoms with Crippen LogP contribution >= 0.6 is 15.9 Å². The highest BCUT2D eigenvalue weighted by Gasteiger charge is 2.38. The molecular weight excluding hydrogens is 484 g/mol. The van der Waals surface area contributed by atoms with Gasteiger partial charge in [0.15, 0.2) is 0 Å². The summed E-state index contributed by atoms with van der Waals surface area (Å²) in [5, 5.41) is 3.69.